The molecule has 1 amide bonds. The van der Waals surface area contributed by atoms with Crippen LogP contribution in [0.3, 0.4) is 0 Å². The molecule has 26 heavy (non-hydrogen) atoms. The van der Waals surface area contributed by atoms with Gasteiger partial charge in [0.15, 0.2) is 0 Å². The number of hydrogen-bond donors (Lipinski definition) is 2. The first-order valence-electron chi connectivity index (χ1n) is 8.17. The van der Waals surface area contributed by atoms with E-state index in [0.717, 1.165) is 21.3 Å². The first-order valence-corrected chi connectivity index (χ1v) is 8.96. The minimum atomic E-state index is -0.582. The number of anilines is 2. The SMILES string of the molecule is Cc1cc(N[C@H](C(=O)Nc2ccc(F)cc2)c2ccccc2)ccc1Br. The number of aryl methyl sites for hydroxylation is 1. The van der Waals surface area contributed by atoms with E-state index in [2.05, 4.69) is 26.6 Å². The highest BCUT2D eigenvalue weighted by Gasteiger charge is 2.20. The fourth-order valence-electron chi connectivity index (χ4n) is 2.59. The van der Waals surface area contributed by atoms with E-state index in [-0.39, 0.29) is 11.7 Å². The summed E-state index contributed by atoms with van der Waals surface area (Å²) in [6.07, 6.45) is 0. The van der Waals surface area contributed by atoms with Gasteiger partial charge in [-0.3, -0.25) is 4.79 Å². The van der Waals surface area contributed by atoms with E-state index in [1.807, 2.05) is 55.5 Å². The molecule has 0 radical (unpaired) electrons. The Bertz CT molecular complexity index is 898. The van der Waals surface area contributed by atoms with Crippen molar-refractivity contribution in [2.24, 2.45) is 0 Å². The van der Waals surface area contributed by atoms with Gasteiger partial charge in [0.05, 0.1) is 0 Å². The predicted molar refractivity (Wildman–Crippen MR) is 107 cm³/mol. The molecule has 3 aromatic carbocycles. The van der Waals surface area contributed by atoms with Gasteiger partial charge in [-0.05, 0) is 60.5 Å². The molecule has 0 unspecified atom stereocenters. The molecule has 0 bridgehead atoms. The van der Waals surface area contributed by atoms with Crippen molar-refractivity contribution < 1.29 is 9.18 Å². The molecule has 0 heterocycles. The van der Waals surface area contributed by atoms with Crippen molar-refractivity contribution in [3.8, 4) is 0 Å². The zero-order chi connectivity index (χ0) is 18.5. The Morgan fingerprint density at radius 3 is 2.27 bits per heavy atom. The number of carbonyl (C=O) groups excluding carboxylic acids is 1. The molecule has 3 nitrogen and oxygen atoms in total. The van der Waals surface area contributed by atoms with Crippen molar-refractivity contribution in [3.63, 3.8) is 0 Å². The second kappa shape index (κ2) is 8.15. The van der Waals surface area contributed by atoms with E-state index >= 15 is 0 Å². The van der Waals surface area contributed by atoms with Crippen LogP contribution in [-0.2, 0) is 4.79 Å². The lowest BCUT2D eigenvalue weighted by molar-refractivity contribution is -0.117. The van der Waals surface area contributed by atoms with E-state index in [9.17, 15) is 9.18 Å². The molecule has 1 atom stereocenters. The lowest BCUT2D eigenvalue weighted by Crippen LogP contribution is -2.27. The second-order valence-corrected chi connectivity index (χ2v) is 6.80. The van der Waals surface area contributed by atoms with E-state index in [4.69, 9.17) is 0 Å². The largest absolute Gasteiger partial charge is 0.370 e. The third-order valence-electron chi connectivity index (χ3n) is 3.98. The molecule has 0 spiro atoms. The maximum atomic E-state index is 13.1. The summed E-state index contributed by atoms with van der Waals surface area (Å²) in [5.74, 6) is -0.561. The minimum Gasteiger partial charge on any atom is -0.370 e. The first kappa shape index (κ1) is 18.1. The average molecular weight is 413 g/mol. The van der Waals surface area contributed by atoms with Crippen molar-refractivity contribution in [1.29, 1.82) is 0 Å². The first-order chi connectivity index (χ1) is 12.5. The maximum Gasteiger partial charge on any atom is 0.251 e. The summed E-state index contributed by atoms with van der Waals surface area (Å²) in [7, 11) is 0. The third kappa shape index (κ3) is 4.49. The number of nitrogens with one attached hydrogen (secondary N) is 2. The fourth-order valence-corrected chi connectivity index (χ4v) is 2.84. The van der Waals surface area contributed by atoms with Gasteiger partial charge in [-0.1, -0.05) is 46.3 Å². The van der Waals surface area contributed by atoms with Crippen LogP contribution in [0, 0.1) is 12.7 Å². The van der Waals surface area contributed by atoms with Crippen molar-refractivity contribution in [1.82, 2.24) is 0 Å². The molecule has 0 aromatic heterocycles. The molecular weight excluding hydrogens is 395 g/mol. The standard InChI is InChI=1S/C21H18BrFN2O/c1-14-13-18(11-12-19(14)22)24-20(15-5-3-2-4-6-15)21(26)25-17-9-7-16(23)8-10-17/h2-13,20,24H,1H3,(H,25,26)/t20-/m0/s1. The highest BCUT2D eigenvalue weighted by molar-refractivity contribution is 9.10. The van der Waals surface area contributed by atoms with Gasteiger partial charge in [0.2, 0.25) is 0 Å². The summed E-state index contributed by atoms with van der Waals surface area (Å²) in [6, 6.07) is 20.5. The maximum absolute atomic E-state index is 13.1. The van der Waals surface area contributed by atoms with Gasteiger partial charge in [-0.25, -0.2) is 4.39 Å². The summed E-state index contributed by atoms with van der Waals surface area (Å²) in [5.41, 5.74) is 3.30. The summed E-state index contributed by atoms with van der Waals surface area (Å²) < 4.78 is 14.1. The number of rotatable bonds is 5. The summed E-state index contributed by atoms with van der Waals surface area (Å²) in [6.45, 7) is 1.99. The Labute approximate surface area is 160 Å². The number of amides is 1. The van der Waals surface area contributed by atoms with E-state index in [0.29, 0.717) is 5.69 Å². The van der Waals surface area contributed by atoms with Crippen LogP contribution in [0.15, 0.2) is 77.3 Å². The van der Waals surface area contributed by atoms with Gasteiger partial charge >= 0.3 is 0 Å². The topological polar surface area (TPSA) is 41.1 Å². The Morgan fingerprint density at radius 1 is 0.962 bits per heavy atom. The van der Waals surface area contributed by atoms with Crippen LogP contribution >= 0.6 is 15.9 Å². The normalized spacial score (nSPS) is 11.7. The monoisotopic (exact) mass is 412 g/mol. The minimum absolute atomic E-state index is 0.219. The van der Waals surface area contributed by atoms with Gasteiger partial charge < -0.3 is 10.6 Å². The molecule has 0 saturated carbocycles. The van der Waals surface area contributed by atoms with Crippen LogP contribution in [0.5, 0.6) is 0 Å². The van der Waals surface area contributed by atoms with Gasteiger partial charge in [0.1, 0.15) is 11.9 Å². The van der Waals surface area contributed by atoms with E-state index in [1.165, 1.54) is 12.1 Å². The number of hydrogen-bond acceptors (Lipinski definition) is 2. The molecule has 0 aliphatic heterocycles. The van der Waals surface area contributed by atoms with Crippen LogP contribution in [0.25, 0.3) is 0 Å². The Hall–Kier alpha value is -2.66. The molecule has 5 heteroatoms. The number of carbonyl (C=O) groups is 1. The second-order valence-electron chi connectivity index (χ2n) is 5.95. The van der Waals surface area contributed by atoms with Crippen molar-refractivity contribution in [3.05, 3.63) is 94.2 Å². The molecular formula is C21H18BrFN2O. The highest BCUT2D eigenvalue weighted by Crippen LogP contribution is 2.25. The molecule has 0 aliphatic rings. The van der Waals surface area contributed by atoms with Gasteiger partial charge in [-0.15, -0.1) is 0 Å². The van der Waals surface area contributed by atoms with Crippen LogP contribution in [-0.4, -0.2) is 5.91 Å². The highest BCUT2D eigenvalue weighted by atomic mass is 79.9. The van der Waals surface area contributed by atoms with Crippen LogP contribution in [0.1, 0.15) is 17.2 Å². The Morgan fingerprint density at radius 2 is 1.62 bits per heavy atom. The Balaban J connectivity index is 1.86. The van der Waals surface area contributed by atoms with Crippen molar-refractivity contribution in [2.75, 3.05) is 10.6 Å². The molecule has 0 aliphatic carbocycles. The third-order valence-corrected chi connectivity index (χ3v) is 4.87. The Kier molecular flexibility index (Phi) is 5.68. The fraction of sp³-hybridized carbons (Fsp3) is 0.0952. The van der Waals surface area contributed by atoms with Gasteiger partial charge in [-0.2, -0.15) is 0 Å². The van der Waals surface area contributed by atoms with Gasteiger partial charge in [0, 0.05) is 15.8 Å². The zero-order valence-electron chi connectivity index (χ0n) is 14.2. The average Bonchev–Trinajstić information content (AvgIpc) is 2.65. The number of benzene rings is 3. The summed E-state index contributed by atoms with van der Waals surface area (Å²) >= 11 is 3.48. The molecule has 2 N–H and O–H groups in total. The lowest BCUT2D eigenvalue weighted by atomic mass is 10.1. The zero-order valence-corrected chi connectivity index (χ0v) is 15.8. The van der Waals surface area contributed by atoms with Crippen LogP contribution in [0.2, 0.25) is 0 Å². The molecule has 132 valence electrons. The smallest absolute Gasteiger partial charge is 0.251 e. The van der Waals surface area contributed by atoms with Crippen molar-refractivity contribution >= 4 is 33.2 Å². The summed E-state index contributed by atoms with van der Waals surface area (Å²) in [4.78, 5) is 12.9. The van der Waals surface area contributed by atoms with Gasteiger partial charge in [0.25, 0.3) is 5.91 Å². The molecule has 0 fully saturated rings. The summed E-state index contributed by atoms with van der Waals surface area (Å²) in [5, 5.41) is 6.12. The van der Waals surface area contributed by atoms with E-state index < -0.39 is 6.04 Å². The predicted octanol–water partition coefficient (Wildman–Crippen LogP) is 5.69. The molecule has 3 rings (SSSR count). The number of halogens is 2. The lowest BCUT2D eigenvalue weighted by Gasteiger charge is -2.20. The van der Waals surface area contributed by atoms with Crippen LogP contribution < -0.4 is 10.6 Å². The van der Waals surface area contributed by atoms with Crippen LogP contribution in [0.4, 0.5) is 15.8 Å². The molecule has 3 aromatic rings. The van der Waals surface area contributed by atoms with Crippen molar-refractivity contribution in [2.45, 2.75) is 13.0 Å². The quantitative estimate of drug-likeness (QED) is 0.565. The molecule has 0 saturated heterocycles. The van der Waals surface area contributed by atoms with E-state index in [1.54, 1.807) is 12.1 Å².